The van der Waals surface area contributed by atoms with Gasteiger partial charge in [-0.05, 0) is 20.3 Å². The van der Waals surface area contributed by atoms with E-state index in [2.05, 4.69) is 36.7 Å². The van der Waals surface area contributed by atoms with E-state index in [4.69, 9.17) is 4.74 Å². The Morgan fingerprint density at radius 2 is 2.00 bits per heavy atom. The molecule has 0 saturated heterocycles. The van der Waals surface area contributed by atoms with Crippen molar-refractivity contribution in [1.29, 1.82) is 0 Å². The summed E-state index contributed by atoms with van der Waals surface area (Å²) in [7, 11) is 0. The highest BCUT2D eigenvalue weighted by molar-refractivity contribution is 9.09. The van der Waals surface area contributed by atoms with Crippen LogP contribution in [0.25, 0.3) is 0 Å². The van der Waals surface area contributed by atoms with Gasteiger partial charge in [0.2, 0.25) is 0 Å². The molecule has 1 nitrogen and oxygen atoms in total. The maximum atomic E-state index is 5.57. The lowest BCUT2D eigenvalue weighted by atomic mass is 10.2. The largest absolute Gasteiger partial charge is 0.375 e. The second kappa shape index (κ2) is 5.14. The first-order valence-corrected chi connectivity index (χ1v) is 4.94. The Bertz CT molecular complexity index is 81.3. The van der Waals surface area contributed by atoms with Crippen LogP contribution in [-0.2, 0) is 4.74 Å². The molecule has 0 spiro atoms. The van der Waals surface area contributed by atoms with E-state index >= 15 is 0 Å². The smallest absolute Gasteiger partial charge is 0.0722 e. The highest BCUT2D eigenvalue weighted by Crippen LogP contribution is 2.12. The molecule has 0 aliphatic carbocycles. The van der Waals surface area contributed by atoms with Crippen LogP contribution in [0.15, 0.2) is 0 Å². The molecular weight excluding hydrogens is 192 g/mol. The van der Waals surface area contributed by atoms with Gasteiger partial charge in [-0.2, -0.15) is 0 Å². The highest BCUT2D eigenvalue weighted by Gasteiger charge is 2.14. The fraction of sp³-hybridized carbons (Fsp3) is 1.00. The Morgan fingerprint density at radius 1 is 1.40 bits per heavy atom. The van der Waals surface area contributed by atoms with Crippen LogP contribution in [0.5, 0.6) is 0 Å². The SMILES string of the molecule is CCCCOC(C)(C)CBr. The number of unbranched alkanes of at least 4 members (excludes halogenated alkanes) is 1. The molecule has 0 N–H and O–H groups in total. The summed E-state index contributed by atoms with van der Waals surface area (Å²) in [6.07, 6.45) is 2.37. The summed E-state index contributed by atoms with van der Waals surface area (Å²) < 4.78 is 5.57. The topological polar surface area (TPSA) is 9.23 Å². The van der Waals surface area contributed by atoms with Crippen LogP contribution in [0.3, 0.4) is 0 Å². The Balaban J connectivity index is 3.28. The molecule has 0 aliphatic rings. The Kier molecular flexibility index (Phi) is 5.36. The van der Waals surface area contributed by atoms with Crippen molar-refractivity contribution in [3.8, 4) is 0 Å². The van der Waals surface area contributed by atoms with Crippen LogP contribution in [0, 0.1) is 0 Å². The number of hydrogen-bond donors (Lipinski definition) is 0. The summed E-state index contributed by atoms with van der Waals surface area (Å²) >= 11 is 3.40. The minimum absolute atomic E-state index is 0.00910. The number of ether oxygens (including phenoxy) is 1. The van der Waals surface area contributed by atoms with Gasteiger partial charge >= 0.3 is 0 Å². The van der Waals surface area contributed by atoms with Crippen molar-refractivity contribution in [1.82, 2.24) is 0 Å². The van der Waals surface area contributed by atoms with Gasteiger partial charge in [0.05, 0.1) is 5.60 Å². The van der Waals surface area contributed by atoms with Gasteiger partial charge in [0.15, 0.2) is 0 Å². The molecule has 2 heteroatoms. The van der Waals surface area contributed by atoms with Crippen LogP contribution < -0.4 is 0 Å². The average Bonchev–Trinajstić information content (AvgIpc) is 1.89. The zero-order valence-electron chi connectivity index (χ0n) is 7.11. The van der Waals surface area contributed by atoms with Gasteiger partial charge in [0.1, 0.15) is 0 Å². The third-order valence-corrected chi connectivity index (χ3v) is 2.66. The molecule has 0 radical (unpaired) electrons. The predicted octanol–water partition coefficient (Wildman–Crippen LogP) is 2.98. The zero-order chi connectivity index (χ0) is 8.04. The fourth-order valence-electron chi connectivity index (χ4n) is 0.531. The molecule has 0 bridgehead atoms. The van der Waals surface area contributed by atoms with Crippen molar-refractivity contribution in [3.05, 3.63) is 0 Å². The van der Waals surface area contributed by atoms with Crippen LogP contribution in [0.4, 0.5) is 0 Å². The zero-order valence-corrected chi connectivity index (χ0v) is 8.70. The molecule has 0 aromatic rings. The summed E-state index contributed by atoms with van der Waals surface area (Å²) in [5.74, 6) is 0. The van der Waals surface area contributed by atoms with Gasteiger partial charge in [-0.3, -0.25) is 0 Å². The first-order chi connectivity index (χ1) is 4.62. The summed E-state index contributed by atoms with van der Waals surface area (Å²) in [5, 5.41) is 0.906. The van der Waals surface area contributed by atoms with Crippen molar-refractivity contribution in [2.75, 3.05) is 11.9 Å². The summed E-state index contributed by atoms with van der Waals surface area (Å²) in [6.45, 7) is 7.24. The van der Waals surface area contributed by atoms with Crippen LogP contribution >= 0.6 is 15.9 Å². The van der Waals surface area contributed by atoms with Gasteiger partial charge in [-0.25, -0.2) is 0 Å². The molecule has 0 amide bonds. The van der Waals surface area contributed by atoms with E-state index in [0.29, 0.717) is 0 Å². The van der Waals surface area contributed by atoms with Crippen molar-refractivity contribution in [3.63, 3.8) is 0 Å². The molecule has 0 unspecified atom stereocenters. The molecule has 0 atom stereocenters. The first kappa shape index (κ1) is 10.4. The third-order valence-electron chi connectivity index (χ3n) is 1.31. The Morgan fingerprint density at radius 3 is 2.40 bits per heavy atom. The highest BCUT2D eigenvalue weighted by atomic mass is 79.9. The summed E-state index contributed by atoms with van der Waals surface area (Å²) in [4.78, 5) is 0. The molecule has 0 heterocycles. The average molecular weight is 209 g/mol. The molecule has 0 rings (SSSR count). The normalized spacial score (nSPS) is 12.0. The van der Waals surface area contributed by atoms with Crippen molar-refractivity contribution >= 4 is 15.9 Å². The van der Waals surface area contributed by atoms with E-state index in [9.17, 15) is 0 Å². The molecular formula is C8H17BrO. The van der Waals surface area contributed by atoms with Crippen molar-refractivity contribution in [2.45, 2.75) is 39.2 Å². The van der Waals surface area contributed by atoms with E-state index in [1.807, 2.05) is 0 Å². The lowest BCUT2D eigenvalue weighted by Gasteiger charge is -2.22. The molecule has 62 valence electrons. The van der Waals surface area contributed by atoms with Crippen LogP contribution in [-0.4, -0.2) is 17.5 Å². The Labute approximate surface area is 72.3 Å². The third kappa shape index (κ3) is 5.24. The second-order valence-corrected chi connectivity index (χ2v) is 3.66. The maximum absolute atomic E-state index is 5.57. The van der Waals surface area contributed by atoms with E-state index in [0.717, 1.165) is 18.4 Å². The molecule has 0 aliphatic heterocycles. The summed E-state index contributed by atoms with van der Waals surface area (Å²) in [6, 6.07) is 0. The quantitative estimate of drug-likeness (QED) is 0.499. The molecule has 0 aromatic carbocycles. The number of halogens is 1. The lowest BCUT2D eigenvalue weighted by Crippen LogP contribution is -2.26. The van der Waals surface area contributed by atoms with Crippen molar-refractivity contribution < 1.29 is 4.74 Å². The van der Waals surface area contributed by atoms with Crippen molar-refractivity contribution in [2.24, 2.45) is 0 Å². The van der Waals surface area contributed by atoms with Gasteiger partial charge in [-0.15, -0.1) is 0 Å². The van der Waals surface area contributed by atoms with E-state index in [-0.39, 0.29) is 5.60 Å². The van der Waals surface area contributed by atoms with Gasteiger partial charge in [-0.1, -0.05) is 29.3 Å². The molecule has 0 fully saturated rings. The first-order valence-electron chi connectivity index (χ1n) is 3.82. The van der Waals surface area contributed by atoms with Gasteiger partial charge in [0, 0.05) is 11.9 Å². The monoisotopic (exact) mass is 208 g/mol. The van der Waals surface area contributed by atoms with Gasteiger partial charge in [0.25, 0.3) is 0 Å². The van der Waals surface area contributed by atoms with Crippen LogP contribution in [0.2, 0.25) is 0 Å². The van der Waals surface area contributed by atoms with Gasteiger partial charge < -0.3 is 4.74 Å². The maximum Gasteiger partial charge on any atom is 0.0722 e. The lowest BCUT2D eigenvalue weighted by molar-refractivity contribution is 0.000474. The molecule has 0 saturated carbocycles. The Hall–Kier alpha value is 0.440. The van der Waals surface area contributed by atoms with Crippen LogP contribution in [0.1, 0.15) is 33.6 Å². The minimum atomic E-state index is 0.00910. The van der Waals surface area contributed by atoms with E-state index in [1.54, 1.807) is 0 Å². The number of rotatable bonds is 5. The number of hydrogen-bond acceptors (Lipinski definition) is 1. The number of alkyl halides is 1. The summed E-state index contributed by atoms with van der Waals surface area (Å²) in [5.41, 5.74) is 0.00910. The van der Waals surface area contributed by atoms with E-state index < -0.39 is 0 Å². The fourth-order valence-corrected chi connectivity index (χ4v) is 0.693. The molecule has 10 heavy (non-hydrogen) atoms. The predicted molar refractivity (Wildman–Crippen MR) is 48.7 cm³/mol. The molecule has 0 aromatic heterocycles. The van der Waals surface area contributed by atoms with E-state index in [1.165, 1.54) is 6.42 Å². The standard InChI is InChI=1S/C8H17BrO/c1-4-5-6-10-8(2,3)7-9/h4-7H2,1-3H3. The minimum Gasteiger partial charge on any atom is -0.375 e. The second-order valence-electron chi connectivity index (χ2n) is 3.10.